The van der Waals surface area contributed by atoms with Gasteiger partial charge in [-0.05, 0) is 24.6 Å². The van der Waals surface area contributed by atoms with E-state index >= 15 is 0 Å². The van der Waals surface area contributed by atoms with Gasteiger partial charge < -0.3 is 15.3 Å². The smallest absolute Gasteiger partial charge is 0.227 e. The summed E-state index contributed by atoms with van der Waals surface area (Å²) < 4.78 is 13.5. The Balaban J connectivity index is 2.07. The van der Waals surface area contributed by atoms with Crippen molar-refractivity contribution in [3.05, 3.63) is 29.0 Å². The molecule has 7 heteroatoms. The lowest BCUT2D eigenvalue weighted by atomic mass is 10.1. The monoisotopic (exact) mass is 328 g/mol. The Morgan fingerprint density at radius 2 is 2.32 bits per heavy atom. The average molecular weight is 329 g/mol. The highest BCUT2D eigenvalue weighted by atomic mass is 35.5. The number of nitrogens with one attached hydrogen (secondary N) is 1. The van der Waals surface area contributed by atoms with Crippen molar-refractivity contribution in [2.24, 2.45) is 5.92 Å². The van der Waals surface area contributed by atoms with E-state index in [9.17, 15) is 14.0 Å². The minimum absolute atomic E-state index is 0.0153. The van der Waals surface area contributed by atoms with E-state index in [4.69, 9.17) is 16.7 Å². The molecule has 0 bridgehead atoms. The molecule has 120 valence electrons. The Labute approximate surface area is 133 Å². The van der Waals surface area contributed by atoms with Gasteiger partial charge in [0.2, 0.25) is 11.8 Å². The van der Waals surface area contributed by atoms with E-state index in [0.29, 0.717) is 12.1 Å². The first-order valence-corrected chi connectivity index (χ1v) is 7.50. The molecule has 22 heavy (non-hydrogen) atoms. The van der Waals surface area contributed by atoms with Crippen LogP contribution in [0, 0.1) is 11.7 Å². The second-order valence-electron chi connectivity index (χ2n) is 5.30. The Morgan fingerprint density at radius 3 is 2.91 bits per heavy atom. The molecule has 0 saturated carbocycles. The third kappa shape index (κ3) is 3.56. The van der Waals surface area contributed by atoms with Crippen LogP contribution < -0.4 is 10.2 Å². The van der Waals surface area contributed by atoms with Crippen LogP contribution in [-0.2, 0) is 9.59 Å². The number of hydrogen-bond acceptors (Lipinski definition) is 3. The van der Waals surface area contributed by atoms with Crippen LogP contribution in [0.3, 0.4) is 0 Å². The molecule has 1 aromatic rings. The largest absolute Gasteiger partial charge is 0.394 e. The second-order valence-corrected chi connectivity index (χ2v) is 5.71. The molecule has 2 unspecified atom stereocenters. The highest BCUT2D eigenvalue weighted by Gasteiger charge is 2.35. The lowest BCUT2D eigenvalue weighted by molar-refractivity contribution is -0.127. The Morgan fingerprint density at radius 1 is 1.59 bits per heavy atom. The zero-order valence-corrected chi connectivity index (χ0v) is 12.9. The van der Waals surface area contributed by atoms with Gasteiger partial charge >= 0.3 is 0 Å². The number of amides is 2. The van der Waals surface area contributed by atoms with Gasteiger partial charge in [-0.3, -0.25) is 9.59 Å². The van der Waals surface area contributed by atoms with Crippen molar-refractivity contribution in [3.63, 3.8) is 0 Å². The van der Waals surface area contributed by atoms with E-state index in [1.807, 2.05) is 6.92 Å². The molecule has 2 amide bonds. The van der Waals surface area contributed by atoms with Gasteiger partial charge in [0.1, 0.15) is 5.82 Å². The third-order valence-corrected chi connectivity index (χ3v) is 4.08. The number of aliphatic hydroxyl groups excluding tert-OH is 1. The van der Waals surface area contributed by atoms with Gasteiger partial charge in [-0.15, -0.1) is 0 Å². The van der Waals surface area contributed by atoms with Gasteiger partial charge in [0.05, 0.1) is 23.6 Å². The number of hydrogen-bond donors (Lipinski definition) is 2. The van der Waals surface area contributed by atoms with Crippen LogP contribution in [0.2, 0.25) is 5.02 Å². The molecule has 0 radical (unpaired) electrons. The molecule has 0 spiro atoms. The van der Waals surface area contributed by atoms with E-state index in [0.717, 1.165) is 0 Å². The zero-order valence-electron chi connectivity index (χ0n) is 12.2. The summed E-state index contributed by atoms with van der Waals surface area (Å²) in [5, 5.41) is 11.8. The molecule has 1 saturated heterocycles. The highest BCUT2D eigenvalue weighted by Crippen LogP contribution is 2.28. The van der Waals surface area contributed by atoms with Crippen LogP contribution in [0.4, 0.5) is 10.1 Å². The van der Waals surface area contributed by atoms with Crippen LogP contribution in [0.5, 0.6) is 0 Å². The van der Waals surface area contributed by atoms with Crippen molar-refractivity contribution >= 4 is 29.1 Å². The Bertz CT molecular complexity index is 578. The van der Waals surface area contributed by atoms with Gasteiger partial charge in [-0.25, -0.2) is 4.39 Å². The number of anilines is 1. The molecule has 1 aromatic carbocycles. The Hall–Kier alpha value is -1.66. The van der Waals surface area contributed by atoms with E-state index < -0.39 is 11.7 Å². The summed E-state index contributed by atoms with van der Waals surface area (Å²) in [5.41, 5.74) is 0.386. The first kappa shape index (κ1) is 16.7. The highest BCUT2D eigenvalue weighted by molar-refractivity contribution is 6.30. The predicted octanol–water partition coefficient (Wildman–Crippen LogP) is 1.72. The lowest BCUT2D eigenvalue weighted by Crippen LogP contribution is -2.41. The maximum atomic E-state index is 13.5. The van der Waals surface area contributed by atoms with Gasteiger partial charge in [0, 0.05) is 18.7 Å². The fraction of sp³-hybridized carbons (Fsp3) is 0.467. The van der Waals surface area contributed by atoms with E-state index in [1.54, 1.807) is 6.07 Å². The molecule has 2 atom stereocenters. The fourth-order valence-corrected chi connectivity index (χ4v) is 2.50. The minimum atomic E-state index is -0.605. The fourth-order valence-electron chi connectivity index (χ4n) is 2.38. The molecule has 1 aliphatic heterocycles. The van der Waals surface area contributed by atoms with Gasteiger partial charge in [0.25, 0.3) is 0 Å². The number of rotatable bonds is 5. The molecular formula is C15H18ClFN2O3. The van der Waals surface area contributed by atoms with Crippen LogP contribution in [0.15, 0.2) is 18.2 Å². The quantitative estimate of drug-likeness (QED) is 0.864. The number of nitrogens with zero attached hydrogens (tertiary/aromatic N) is 1. The van der Waals surface area contributed by atoms with Crippen molar-refractivity contribution in [2.75, 3.05) is 18.1 Å². The van der Waals surface area contributed by atoms with Crippen molar-refractivity contribution in [3.8, 4) is 0 Å². The molecule has 2 N–H and O–H groups in total. The maximum Gasteiger partial charge on any atom is 0.227 e. The number of benzene rings is 1. The zero-order chi connectivity index (χ0) is 16.3. The number of aliphatic hydroxyl groups is 1. The summed E-state index contributed by atoms with van der Waals surface area (Å²) in [6.45, 7) is 1.90. The third-order valence-electron chi connectivity index (χ3n) is 3.77. The molecule has 0 aromatic heterocycles. The van der Waals surface area contributed by atoms with Crippen molar-refractivity contribution in [1.82, 2.24) is 5.32 Å². The van der Waals surface area contributed by atoms with Crippen molar-refractivity contribution in [1.29, 1.82) is 0 Å². The normalized spacial score (nSPS) is 19.4. The molecule has 2 rings (SSSR count). The molecule has 5 nitrogen and oxygen atoms in total. The summed E-state index contributed by atoms with van der Waals surface area (Å²) in [7, 11) is 0. The number of halogens is 2. The summed E-state index contributed by atoms with van der Waals surface area (Å²) in [4.78, 5) is 25.6. The molecule has 0 aliphatic carbocycles. The maximum absolute atomic E-state index is 13.5. The van der Waals surface area contributed by atoms with Crippen LogP contribution in [-0.4, -0.2) is 36.1 Å². The van der Waals surface area contributed by atoms with Gasteiger partial charge in [0.15, 0.2) is 0 Å². The first-order valence-electron chi connectivity index (χ1n) is 7.12. The van der Waals surface area contributed by atoms with Crippen LogP contribution in [0.25, 0.3) is 0 Å². The van der Waals surface area contributed by atoms with Crippen molar-refractivity contribution < 1.29 is 19.1 Å². The van der Waals surface area contributed by atoms with E-state index in [2.05, 4.69) is 5.32 Å². The Kier molecular flexibility index (Phi) is 5.37. The number of carbonyl (C=O) groups excluding carboxylic acids is 2. The molecule has 1 aliphatic rings. The van der Waals surface area contributed by atoms with Crippen LogP contribution in [0.1, 0.15) is 19.8 Å². The van der Waals surface area contributed by atoms with Crippen molar-refractivity contribution in [2.45, 2.75) is 25.8 Å². The second kappa shape index (κ2) is 7.07. The number of carbonyl (C=O) groups is 2. The molecular weight excluding hydrogens is 311 g/mol. The first-order chi connectivity index (χ1) is 10.5. The molecule has 1 heterocycles. The summed E-state index contributed by atoms with van der Waals surface area (Å²) >= 11 is 5.63. The van der Waals surface area contributed by atoms with Crippen LogP contribution >= 0.6 is 11.6 Å². The topological polar surface area (TPSA) is 69.6 Å². The standard InChI is InChI=1S/C15H18ClFN2O3/c1-2-10(8-20)18-15(22)9-5-14(21)19(7-9)11-3-4-12(16)13(17)6-11/h3-4,6,9-10,20H,2,5,7-8H2,1H3,(H,18,22). The van der Waals surface area contributed by atoms with E-state index in [-0.39, 0.29) is 42.5 Å². The van der Waals surface area contributed by atoms with Gasteiger partial charge in [-0.1, -0.05) is 18.5 Å². The minimum Gasteiger partial charge on any atom is -0.394 e. The summed E-state index contributed by atoms with van der Waals surface area (Å²) in [5.74, 6) is -1.62. The predicted molar refractivity (Wildman–Crippen MR) is 81.2 cm³/mol. The summed E-state index contributed by atoms with van der Waals surface area (Å²) in [6, 6.07) is 3.80. The molecule has 1 fully saturated rings. The summed E-state index contributed by atoms with van der Waals surface area (Å²) in [6.07, 6.45) is 0.674. The van der Waals surface area contributed by atoms with E-state index in [1.165, 1.54) is 17.0 Å². The van der Waals surface area contributed by atoms with Gasteiger partial charge in [-0.2, -0.15) is 0 Å². The average Bonchev–Trinajstić information content (AvgIpc) is 2.89. The lowest BCUT2D eigenvalue weighted by Gasteiger charge is -2.19. The SMILES string of the molecule is CCC(CO)NC(=O)C1CC(=O)N(c2ccc(Cl)c(F)c2)C1.